The molecule has 1 aromatic rings. The summed E-state index contributed by atoms with van der Waals surface area (Å²) in [5, 5.41) is 11.0. The molecule has 0 spiro atoms. The van der Waals surface area contributed by atoms with Gasteiger partial charge < -0.3 is 9.84 Å². The van der Waals surface area contributed by atoms with Crippen LogP contribution in [-0.4, -0.2) is 23.5 Å². The number of aliphatic imine (C=N–C) groups is 1. The van der Waals surface area contributed by atoms with Gasteiger partial charge in [0.05, 0.1) is 12.0 Å². The summed E-state index contributed by atoms with van der Waals surface area (Å²) in [5.74, 6) is 0.763. The largest absolute Gasteiger partial charge is 0.475 e. The third kappa shape index (κ3) is 3.75. The molecule has 5 heteroatoms. The fourth-order valence-corrected chi connectivity index (χ4v) is 2.33. The lowest BCUT2D eigenvalue weighted by molar-refractivity contribution is 0.176. The van der Waals surface area contributed by atoms with Gasteiger partial charge >= 0.3 is 0 Å². The molecular weight excluding hydrogens is 297 g/mol. The minimum absolute atomic E-state index is 0.248. The summed E-state index contributed by atoms with van der Waals surface area (Å²) in [4.78, 5) is 4.39. The van der Waals surface area contributed by atoms with Gasteiger partial charge in [0.15, 0.2) is 0 Å². The number of alkyl halides is 1. The first-order valence-electron chi connectivity index (χ1n) is 6.54. The first kappa shape index (κ1) is 15.4. The number of nitrogens with zero attached hydrogens (tertiary/aromatic N) is 1. The second-order valence-corrected chi connectivity index (χ2v) is 5.31. The lowest BCUT2D eigenvalue weighted by Gasteiger charge is -2.20. The molecular formula is C15H17Cl2NO2. The number of hydrogen-bond acceptors (Lipinski definition) is 3. The lowest BCUT2D eigenvalue weighted by atomic mass is 10.0. The Bertz CT molecular complexity index is 523. The van der Waals surface area contributed by atoms with Crippen molar-refractivity contribution in [3.8, 4) is 0 Å². The Morgan fingerprint density at radius 3 is 2.65 bits per heavy atom. The summed E-state index contributed by atoms with van der Waals surface area (Å²) >= 11 is 11.6. The maximum absolute atomic E-state index is 10.3. The molecule has 0 radical (unpaired) electrons. The predicted molar refractivity (Wildman–Crippen MR) is 82.5 cm³/mol. The summed E-state index contributed by atoms with van der Waals surface area (Å²) in [5.41, 5.74) is 2.80. The number of aliphatic hydroxyl groups is 1. The quantitative estimate of drug-likeness (QED) is 0.832. The molecule has 0 fully saturated rings. The van der Waals surface area contributed by atoms with Crippen LogP contribution in [0.3, 0.4) is 0 Å². The molecule has 2 rings (SSSR count). The SMILES string of the molecule is CCC1=C(C[C@H](O)c2ccc(Cl)cc2)N=C(CCl)OC1. The molecule has 108 valence electrons. The van der Waals surface area contributed by atoms with E-state index in [1.807, 2.05) is 12.1 Å². The summed E-state index contributed by atoms with van der Waals surface area (Å²) in [6, 6.07) is 7.19. The smallest absolute Gasteiger partial charge is 0.203 e. The average molecular weight is 314 g/mol. The van der Waals surface area contributed by atoms with Gasteiger partial charge in [-0.3, -0.25) is 0 Å². The number of hydrogen-bond donors (Lipinski definition) is 1. The Morgan fingerprint density at radius 2 is 2.05 bits per heavy atom. The highest BCUT2D eigenvalue weighted by molar-refractivity contribution is 6.30. The highest BCUT2D eigenvalue weighted by Gasteiger charge is 2.18. The number of rotatable bonds is 5. The van der Waals surface area contributed by atoms with Gasteiger partial charge in [0.2, 0.25) is 5.90 Å². The zero-order chi connectivity index (χ0) is 14.5. The molecule has 0 bridgehead atoms. The topological polar surface area (TPSA) is 41.8 Å². The second kappa shape index (κ2) is 7.11. The molecule has 1 aromatic carbocycles. The van der Waals surface area contributed by atoms with Crippen LogP contribution in [0.25, 0.3) is 0 Å². The Balaban J connectivity index is 2.16. The van der Waals surface area contributed by atoms with E-state index >= 15 is 0 Å². The highest BCUT2D eigenvalue weighted by Crippen LogP contribution is 2.28. The number of ether oxygens (including phenoxy) is 1. The molecule has 1 aliphatic heterocycles. The van der Waals surface area contributed by atoms with Crippen molar-refractivity contribution >= 4 is 29.1 Å². The van der Waals surface area contributed by atoms with Gasteiger partial charge in [-0.15, -0.1) is 11.6 Å². The van der Waals surface area contributed by atoms with Gasteiger partial charge in [-0.2, -0.15) is 0 Å². The van der Waals surface area contributed by atoms with Gasteiger partial charge in [-0.05, 0) is 29.7 Å². The van der Waals surface area contributed by atoms with E-state index in [0.717, 1.165) is 23.3 Å². The van der Waals surface area contributed by atoms with Crippen molar-refractivity contribution in [1.82, 2.24) is 0 Å². The first-order chi connectivity index (χ1) is 9.63. The highest BCUT2D eigenvalue weighted by atomic mass is 35.5. The minimum Gasteiger partial charge on any atom is -0.475 e. The van der Waals surface area contributed by atoms with E-state index in [2.05, 4.69) is 11.9 Å². The third-order valence-electron chi connectivity index (χ3n) is 3.26. The molecule has 1 heterocycles. The Morgan fingerprint density at radius 1 is 1.35 bits per heavy atom. The molecule has 3 nitrogen and oxygen atoms in total. The number of halogens is 2. The second-order valence-electron chi connectivity index (χ2n) is 4.60. The molecule has 1 N–H and O–H groups in total. The maximum atomic E-state index is 10.3. The Kier molecular flexibility index (Phi) is 5.46. The average Bonchev–Trinajstić information content (AvgIpc) is 2.47. The number of aliphatic hydroxyl groups excluding tert-OH is 1. The van der Waals surface area contributed by atoms with E-state index < -0.39 is 6.10 Å². The molecule has 1 aliphatic rings. The standard InChI is InChI=1S/C15H17Cl2NO2/c1-2-10-9-20-15(8-16)18-13(10)7-14(19)11-3-5-12(17)6-4-11/h3-6,14,19H,2,7-9H2,1H3/t14-/m0/s1. The van der Waals surface area contributed by atoms with E-state index in [1.165, 1.54) is 0 Å². The Labute approximate surface area is 128 Å². The van der Waals surface area contributed by atoms with Crippen LogP contribution < -0.4 is 0 Å². The molecule has 0 unspecified atom stereocenters. The maximum Gasteiger partial charge on any atom is 0.203 e. The first-order valence-corrected chi connectivity index (χ1v) is 7.46. The van der Waals surface area contributed by atoms with Crippen LogP contribution in [0.4, 0.5) is 0 Å². The molecule has 0 saturated carbocycles. The molecule has 0 aliphatic carbocycles. The minimum atomic E-state index is -0.609. The van der Waals surface area contributed by atoms with E-state index in [4.69, 9.17) is 27.9 Å². The monoisotopic (exact) mass is 313 g/mol. The number of benzene rings is 1. The zero-order valence-corrected chi connectivity index (χ0v) is 12.8. The van der Waals surface area contributed by atoms with E-state index in [0.29, 0.717) is 23.9 Å². The molecule has 0 aromatic heterocycles. The van der Waals surface area contributed by atoms with Crippen LogP contribution >= 0.6 is 23.2 Å². The van der Waals surface area contributed by atoms with E-state index in [9.17, 15) is 5.11 Å². The predicted octanol–water partition coefficient (Wildman–Crippen LogP) is 4.10. The molecule has 0 amide bonds. The van der Waals surface area contributed by atoms with Crippen LogP contribution in [0.2, 0.25) is 5.02 Å². The third-order valence-corrected chi connectivity index (χ3v) is 3.74. The summed E-state index contributed by atoms with van der Waals surface area (Å²) in [6.07, 6.45) is 0.693. The molecule has 20 heavy (non-hydrogen) atoms. The van der Waals surface area contributed by atoms with Crippen LogP contribution in [0.1, 0.15) is 31.4 Å². The summed E-state index contributed by atoms with van der Waals surface area (Å²) < 4.78 is 5.42. The normalized spacial score (nSPS) is 16.7. The lowest BCUT2D eigenvalue weighted by Crippen LogP contribution is -2.17. The van der Waals surface area contributed by atoms with Crippen molar-refractivity contribution < 1.29 is 9.84 Å². The van der Waals surface area contributed by atoms with Gasteiger partial charge in [-0.1, -0.05) is 30.7 Å². The van der Waals surface area contributed by atoms with Crippen molar-refractivity contribution in [2.45, 2.75) is 25.9 Å². The van der Waals surface area contributed by atoms with Crippen LogP contribution in [0, 0.1) is 0 Å². The fourth-order valence-electron chi connectivity index (χ4n) is 2.07. The van der Waals surface area contributed by atoms with Crippen molar-refractivity contribution in [1.29, 1.82) is 0 Å². The van der Waals surface area contributed by atoms with Gasteiger partial charge in [0, 0.05) is 17.1 Å². The molecule has 0 saturated heterocycles. The van der Waals surface area contributed by atoms with Crippen molar-refractivity contribution in [2.75, 3.05) is 12.5 Å². The van der Waals surface area contributed by atoms with Crippen LogP contribution in [-0.2, 0) is 4.74 Å². The van der Waals surface area contributed by atoms with Crippen molar-refractivity contribution in [3.63, 3.8) is 0 Å². The Hall–Kier alpha value is -1.03. The summed E-state index contributed by atoms with van der Waals surface area (Å²) in [6.45, 7) is 2.55. The van der Waals surface area contributed by atoms with Gasteiger partial charge in [0.25, 0.3) is 0 Å². The van der Waals surface area contributed by atoms with Gasteiger partial charge in [0.1, 0.15) is 6.61 Å². The van der Waals surface area contributed by atoms with Crippen LogP contribution in [0.15, 0.2) is 40.5 Å². The van der Waals surface area contributed by atoms with E-state index in [1.54, 1.807) is 12.1 Å². The molecule has 1 atom stereocenters. The van der Waals surface area contributed by atoms with Crippen molar-refractivity contribution in [2.24, 2.45) is 4.99 Å². The zero-order valence-electron chi connectivity index (χ0n) is 11.3. The van der Waals surface area contributed by atoms with E-state index in [-0.39, 0.29) is 5.88 Å². The fraction of sp³-hybridized carbons (Fsp3) is 0.400. The summed E-state index contributed by atoms with van der Waals surface area (Å²) in [7, 11) is 0. The van der Waals surface area contributed by atoms with Crippen molar-refractivity contribution in [3.05, 3.63) is 46.1 Å². The van der Waals surface area contributed by atoms with Gasteiger partial charge in [-0.25, -0.2) is 4.99 Å². The van der Waals surface area contributed by atoms with Crippen LogP contribution in [0.5, 0.6) is 0 Å².